The van der Waals surface area contributed by atoms with Crippen LogP contribution >= 0.6 is 0 Å². The summed E-state index contributed by atoms with van der Waals surface area (Å²) in [6, 6.07) is 0. The van der Waals surface area contributed by atoms with E-state index in [4.69, 9.17) is 9.47 Å². The Morgan fingerprint density at radius 3 is 1.33 bits per heavy atom. The number of alkyl halides is 9. The van der Waals surface area contributed by atoms with Gasteiger partial charge in [-0.3, -0.25) is 0 Å². The van der Waals surface area contributed by atoms with Crippen molar-refractivity contribution in [3.8, 4) is 0 Å². The fraction of sp³-hybridized carbons (Fsp3) is 0.800. The highest BCUT2D eigenvalue weighted by Gasteiger charge is 2.74. The van der Waals surface area contributed by atoms with Crippen LogP contribution < -0.4 is 0 Å². The van der Waals surface area contributed by atoms with Crippen LogP contribution in [0.5, 0.6) is 0 Å². The molecule has 42 heavy (non-hydrogen) atoms. The van der Waals surface area contributed by atoms with Crippen LogP contribution in [-0.4, -0.2) is 65.3 Å². The molecule has 0 rings (SSSR count). The predicted molar refractivity (Wildman–Crippen MR) is 127 cm³/mol. The first-order valence-electron chi connectivity index (χ1n) is 12.3. The van der Waals surface area contributed by atoms with E-state index in [1.54, 1.807) is 0 Å². The molecular formula is C25H35F9O8. The zero-order valence-electron chi connectivity index (χ0n) is 24.3. The van der Waals surface area contributed by atoms with Gasteiger partial charge in [0.2, 0.25) is 5.60 Å². The number of carbonyl (C=O) groups excluding carboxylic acids is 3. The zero-order valence-corrected chi connectivity index (χ0v) is 24.3. The van der Waals surface area contributed by atoms with E-state index < -0.39 is 91.0 Å². The summed E-state index contributed by atoms with van der Waals surface area (Å²) >= 11 is 0. The van der Waals surface area contributed by atoms with Crippen LogP contribution in [-0.2, 0) is 28.5 Å². The molecule has 2 atom stereocenters. The number of hydrogen-bond acceptors (Lipinski definition) is 8. The molecule has 2 unspecified atom stereocenters. The summed E-state index contributed by atoms with van der Waals surface area (Å²) < 4.78 is 147. The maximum atomic E-state index is 13.9. The van der Waals surface area contributed by atoms with Crippen molar-refractivity contribution in [3.05, 3.63) is 12.2 Å². The number of ether oxygens (including phenoxy) is 5. The molecule has 0 spiro atoms. The van der Waals surface area contributed by atoms with Crippen molar-refractivity contribution < 1.29 is 77.6 Å². The second kappa shape index (κ2) is 13.2. The molecule has 0 aliphatic heterocycles. The fourth-order valence-corrected chi connectivity index (χ4v) is 3.04. The van der Waals surface area contributed by atoms with Crippen LogP contribution in [0.2, 0.25) is 0 Å². The van der Waals surface area contributed by atoms with E-state index in [1.807, 2.05) is 0 Å². The average molecular weight is 635 g/mol. The first-order valence-corrected chi connectivity index (χ1v) is 12.3. The molecule has 0 amide bonds. The SMILES string of the molecule is C=C(C)C(=O)OC(CCC(C)(OC(=O)OC(C)(C)C)C(F)(F)F)CCC(OC(=O)OC(C)(C)C)(C(F)(F)F)C(F)(F)F. The highest BCUT2D eigenvalue weighted by Crippen LogP contribution is 2.50. The van der Waals surface area contributed by atoms with Gasteiger partial charge in [-0.15, -0.1) is 0 Å². The highest BCUT2D eigenvalue weighted by atomic mass is 19.4. The van der Waals surface area contributed by atoms with Crippen molar-refractivity contribution in [3.63, 3.8) is 0 Å². The van der Waals surface area contributed by atoms with Crippen LogP contribution in [0, 0.1) is 0 Å². The van der Waals surface area contributed by atoms with Gasteiger partial charge in [-0.2, -0.15) is 39.5 Å². The van der Waals surface area contributed by atoms with Gasteiger partial charge in [0.1, 0.15) is 17.3 Å². The molecule has 8 nitrogen and oxygen atoms in total. The first-order chi connectivity index (χ1) is 18.4. The Morgan fingerprint density at radius 2 is 1.00 bits per heavy atom. The minimum atomic E-state index is -6.30. The summed E-state index contributed by atoms with van der Waals surface area (Å²) in [5.41, 5.74) is -11.8. The monoisotopic (exact) mass is 634 g/mol. The van der Waals surface area contributed by atoms with E-state index in [0.29, 0.717) is 6.92 Å². The summed E-state index contributed by atoms with van der Waals surface area (Å²) in [6.07, 6.45) is -30.0. The topological polar surface area (TPSA) is 97.4 Å². The molecule has 0 saturated heterocycles. The summed E-state index contributed by atoms with van der Waals surface area (Å²) in [5, 5.41) is 0. The van der Waals surface area contributed by atoms with E-state index >= 15 is 0 Å². The van der Waals surface area contributed by atoms with E-state index in [-0.39, 0.29) is 5.57 Å². The molecule has 0 N–H and O–H groups in total. The van der Waals surface area contributed by atoms with Crippen LogP contribution in [0.15, 0.2) is 12.2 Å². The van der Waals surface area contributed by atoms with Crippen molar-refractivity contribution in [1.29, 1.82) is 0 Å². The standard InChI is InChI=1S/C25H35F9O8/c1-14(2)16(35)38-15(10-12-21(9,23(26,27)28)41-17(36)39-19(3,4)5)11-13-22(24(29,30)31,25(32,33)34)42-18(37)40-20(6,7)8/h15H,1,10-13H2,2-9H3. The normalized spacial score (nSPS) is 15.6. The third kappa shape index (κ3) is 11.8. The quantitative estimate of drug-likeness (QED) is 0.103. The van der Waals surface area contributed by atoms with Crippen LogP contribution in [0.1, 0.15) is 81.1 Å². The van der Waals surface area contributed by atoms with Crippen molar-refractivity contribution in [2.45, 2.75) is 128 Å². The van der Waals surface area contributed by atoms with Gasteiger partial charge < -0.3 is 23.7 Å². The zero-order chi connectivity index (χ0) is 33.8. The maximum absolute atomic E-state index is 13.9. The molecule has 0 aromatic carbocycles. The molecule has 246 valence electrons. The summed E-state index contributed by atoms with van der Waals surface area (Å²) in [5.74, 6) is -1.35. The van der Waals surface area contributed by atoms with Gasteiger partial charge in [-0.05, 0) is 74.7 Å². The van der Waals surface area contributed by atoms with Crippen LogP contribution in [0.25, 0.3) is 0 Å². The molecule has 0 aliphatic rings. The molecule has 0 fully saturated rings. The minimum Gasteiger partial charge on any atom is -0.459 e. The van der Waals surface area contributed by atoms with E-state index in [9.17, 15) is 53.9 Å². The molecule has 0 aliphatic carbocycles. The third-order valence-corrected chi connectivity index (χ3v) is 5.24. The molecule has 0 saturated carbocycles. The number of esters is 1. The lowest BCUT2D eigenvalue weighted by molar-refractivity contribution is -0.372. The minimum absolute atomic E-state index is 0.383. The van der Waals surface area contributed by atoms with Crippen molar-refractivity contribution >= 4 is 18.3 Å². The van der Waals surface area contributed by atoms with Gasteiger partial charge in [0.25, 0.3) is 0 Å². The number of halogens is 9. The van der Waals surface area contributed by atoms with Gasteiger partial charge in [0, 0.05) is 12.0 Å². The van der Waals surface area contributed by atoms with Gasteiger partial charge in [-0.25, -0.2) is 14.4 Å². The van der Waals surface area contributed by atoms with E-state index in [1.165, 1.54) is 20.8 Å². The Bertz CT molecular complexity index is 959. The van der Waals surface area contributed by atoms with Gasteiger partial charge in [0.05, 0.1) is 0 Å². The second-order valence-electron chi connectivity index (χ2n) is 11.6. The molecule has 0 bridgehead atoms. The molecule has 0 aromatic rings. The average Bonchev–Trinajstić information content (AvgIpc) is 2.68. The van der Waals surface area contributed by atoms with Gasteiger partial charge >= 0.3 is 42.4 Å². The van der Waals surface area contributed by atoms with Crippen molar-refractivity contribution in [2.75, 3.05) is 0 Å². The smallest absolute Gasteiger partial charge is 0.459 e. The Morgan fingerprint density at radius 1 is 0.619 bits per heavy atom. The largest absolute Gasteiger partial charge is 0.510 e. The third-order valence-electron chi connectivity index (χ3n) is 5.24. The molecule has 0 aromatic heterocycles. The molecule has 0 heterocycles. The summed E-state index contributed by atoms with van der Waals surface area (Å²) in [4.78, 5) is 35.9. The number of hydrogen-bond donors (Lipinski definition) is 0. The summed E-state index contributed by atoms with van der Waals surface area (Å²) in [6.45, 7) is 12.0. The second-order valence-corrected chi connectivity index (χ2v) is 11.6. The lowest BCUT2D eigenvalue weighted by Gasteiger charge is -2.38. The molecule has 17 heteroatoms. The summed E-state index contributed by atoms with van der Waals surface area (Å²) in [7, 11) is 0. The highest BCUT2D eigenvalue weighted by molar-refractivity contribution is 5.87. The van der Waals surface area contributed by atoms with E-state index in [0.717, 1.165) is 27.7 Å². The van der Waals surface area contributed by atoms with Crippen LogP contribution in [0.4, 0.5) is 49.1 Å². The Hall–Kier alpha value is -2.88. The Balaban J connectivity index is 6.41. The predicted octanol–water partition coefficient (Wildman–Crippen LogP) is 8.12. The lowest BCUT2D eigenvalue weighted by atomic mass is 9.90. The van der Waals surface area contributed by atoms with E-state index in [2.05, 4.69) is 20.8 Å². The number of carbonyl (C=O) groups is 3. The maximum Gasteiger partial charge on any atom is 0.510 e. The lowest BCUT2D eigenvalue weighted by Crippen LogP contribution is -2.60. The fourth-order valence-electron chi connectivity index (χ4n) is 3.04. The van der Waals surface area contributed by atoms with Crippen molar-refractivity contribution in [1.82, 2.24) is 0 Å². The molecule has 0 radical (unpaired) electrons. The number of rotatable bonds is 10. The Labute approximate surface area is 236 Å². The first kappa shape index (κ1) is 39.1. The Kier molecular flexibility index (Phi) is 12.3. The van der Waals surface area contributed by atoms with Gasteiger partial charge in [0.15, 0.2) is 0 Å². The molecular weight excluding hydrogens is 599 g/mol. The van der Waals surface area contributed by atoms with Gasteiger partial charge in [-0.1, -0.05) is 6.58 Å². The van der Waals surface area contributed by atoms with Crippen molar-refractivity contribution in [2.24, 2.45) is 0 Å². The van der Waals surface area contributed by atoms with Crippen LogP contribution in [0.3, 0.4) is 0 Å².